The molecule has 0 bridgehead atoms. The van der Waals surface area contributed by atoms with E-state index in [0.717, 1.165) is 19.3 Å². The number of ether oxygens (including phenoxy) is 1. The Kier molecular flexibility index (Phi) is 8.04. The van der Waals surface area contributed by atoms with Crippen LogP contribution in [0.25, 0.3) is 0 Å². The van der Waals surface area contributed by atoms with Gasteiger partial charge in [-0.15, -0.1) is 0 Å². The minimum atomic E-state index is -0.478. The number of unbranched alkanes of at least 4 members (excludes halogenated alkanes) is 1. The van der Waals surface area contributed by atoms with Gasteiger partial charge in [-0.25, -0.2) is 4.79 Å². The van der Waals surface area contributed by atoms with Gasteiger partial charge in [-0.1, -0.05) is 39.3 Å². The van der Waals surface area contributed by atoms with Crippen LogP contribution in [0.5, 0.6) is 5.75 Å². The van der Waals surface area contributed by atoms with Crippen molar-refractivity contribution in [2.24, 2.45) is 0 Å². The van der Waals surface area contributed by atoms with Crippen LogP contribution in [-0.2, 0) is 4.79 Å². The van der Waals surface area contributed by atoms with Crippen LogP contribution in [0.3, 0.4) is 0 Å². The Morgan fingerprint density at radius 3 is 2.45 bits per heavy atom. The molecule has 2 N–H and O–H groups in total. The second-order valence-corrected chi connectivity index (χ2v) is 5.32. The van der Waals surface area contributed by atoms with E-state index in [1.165, 1.54) is 5.56 Å². The summed E-state index contributed by atoms with van der Waals surface area (Å²) in [6, 6.07) is 7.21. The van der Waals surface area contributed by atoms with E-state index in [4.69, 9.17) is 4.74 Å². The molecule has 0 spiro atoms. The Balaban J connectivity index is 2.33. The lowest BCUT2D eigenvalue weighted by molar-refractivity contribution is -0.122. The number of amides is 3. The van der Waals surface area contributed by atoms with E-state index >= 15 is 0 Å². The fraction of sp³-hybridized carbons (Fsp3) is 0.529. The molecular formula is C17H26N2O3. The number of rotatable bonds is 8. The van der Waals surface area contributed by atoms with Crippen molar-refractivity contribution in [2.45, 2.75) is 46.0 Å². The molecule has 5 nitrogen and oxygen atoms in total. The Labute approximate surface area is 132 Å². The van der Waals surface area contributed by atoms with Crippen molar-refractivity contribution in [2.75, 3.05) is 13.2 Å². The van der Waals surface area contributed by atoms with Gasteiger partial charge < -0.3 is 10.1 Å². The first kappa shape index (κ1) is 18.0. The third-order valence-corrected chi connectivity index (χ3v) is 3.50. The monoisotopic (exact) mass is 306 g/mol. The molecule has 0 saturated heterocycles. The highest BCUT2D eigenvalue weighted by atomic mass is 16.5. The van der Waals surface area contributed by atoms with Gasteiger partial charge in [0.15, 0.2) is 6.61 Å². The van der Waals surface area contributed by atoms with Crippen molar-refractivity contribution >= 4 is 11.9 Å². The lowest BCUT2D eigenvalue weighted by atomic mass is 9.99. The van der Waals surface area contributed by atoms with Gasteiger partial charge in [-0.2, -0.15) is 0 Å². The summed E-state index contributed by atoms with van der Waals surface area (Å²) in [6.07, 6.45) is 2.96. The van der Waals surface area contributed by atoms with Crippen LogP contribution in [0.4, 0.5) is 4.79 Å². The molecular weight excluding hydrogens is 280 g/mol. The van der Waals surface area contributed by atoms with Gasteiger partial charge >= 0.3 is 6.03 Å². The zero-order valence-corrected chi connectivity index (χ0v) is 13.6. The van der Waals surface area contributed by atoms with Gasteiger partial charge in [0, 0.05) is 6.54 Å². The number of hydrogen-bond donors (Lipinski definition) is 2. The van der Waals surface area contributed by atoms with Crippen molar-refractivity contribution in [3.8, 4) is 5.75 Å². The maximum atomic E-state index is 11.6. The van der Waals surface area contributed by atoms with E-state index in [0.29, 0.717) is 18.2 Å². The Hall–Kier alpha value is -2.04. The molecule has 1 rings (SSSR count). The molecule has 0 fully saturated rings. The molecule has 0 heterocycles. The van der Waals surface area contributed by atoms with Gasteiger partial charge in [-0.05, 0) is 36.5 Å². The number of carbonyl (C=O) groups excluding carboxylic acids is 2. The zero-order valence-electron chi connectivity index (χ0n) is 13.6. The first-order valence-corrected chi connectivity index (χ1v) is 7.87. The highest BCUT2D eigenvalue weighted by Crippen LogP contribution is 2.21. The summed E-state index contributed by atoms with van der Waals surface area (Å²) in [7, 11) is 0. The Morgan fingerprint density at radius 1 is 1.18 bits per heavy atom. The quantitative estimate of drug-likeness (QED) is 0.725. The third kappa shape index (κ3) is 6.61. The van der Waals surface area contributed by atoms with E-state index in [-0.39, 0.29) is 6.61 Å². The third-order valence-electron chi connectivity index (χ3n) is 3.50. The topological polar surface area (TPSA) is 67.4 Å². The summed E-state index contributed by atoms with van der Waals surface area (Å²) in [4.78, 5) is 23.0. The molecule has 5 heteroatoms. The maximum absolute atomic E-state index is 11.6. The first-order chi connectivity index (χ1) is 10.6. The second kappa shape index (κ2) is 9.82. The van der Waals surface area contributed by atoms with Crippen molar-refractivity contribution < 1.29 is 14.3 Å². The van der Waals surface area contributed by atoms with Gasteiger partial charge in [0.2, 0.25) is 0 Å². The number of nitrogens with one attached hydrogen (secondary N) is 2. The molecule has 0 unspecified atom stereocenters. The predicted molar refractivity (Wildman–Crippen MR) is 87.1 cm³/mol. The van der Waals surface area contributed by atoms with Crippen LogP contribution in [0.2, 0.25) is 0 Å². The maximum Gasteiger partial charge on any atom is 0.321 e. The Morgan fingerprint density at radius 2 is 1.86 bits per heavy atom. The molecule has 1 aromatic carbocycles. The number of hydrogen-bond acceptors (Lipinski definition) is 3. The largest absolute Gasteiger partial charge is 0.484 e. The van der Waals surface area contributed by atoms with Crippen LogP contribution in [0.1, 0.15) is 51.5 Å². The van der Waals surface area contributed by atoms with Crippen molar-refractivity contribution in [3.63, 3.8) is 0 Å². The molecule has 22 heavy (non-hydrogen) atoms. The lowest BCUT2D eigenvalue weighted by Gasteiger charge is -2.11. The van der Waals surface area contributed by atoms with Crippen LogP contribution in [0, 0.1) is 0 Å². The van der Waals surface area contributed by atoms with Gasteiger partial charge in [0.05, 0.1) is 0 Å². The van der Waals surface area contributed by atoms with Gasteiger partial charge in [-0.3, -0.25) is 10.1 Å². The van der Waals surface area contributed by atoms with E-state index < -0.39 is 11.9 Å². The van der Waals surface area contributed by atoms with Crippen molar-refractivity contribution in [1.29, 1.82) is 0 Å². The average molecular weight is 306 g/mol. The minimum Gasteiger partial charge on any atom is -0.484 e. The van der Waals surface area contributed by atoms with Crippen LogP contribution in [-0.4, -0.2) is 25.1 Å². The lowest BCUT2D eigenvalue weighted by Crippen LogP contribution is -2.41. The zero-order chi connectivity index (χ0) is 16.4. The summed E-state index contributed by atoms with van der Waals surface area (Å²) < 4.78 is 5.37. The van der Waals surface area contributed by atoms with E-state index in [1.54, 1.807) is 0 Å². The minimum absolute atomic E-state index is 0.177. The number of carbonyl (C=O) groups is 2. The van der Waals surface area contributed by atoms with Gasteiger partial charge in [0.1, 0.15) is 5.75 Å². The summed E-state index contributed by atoms with van der Waals surface area (Å²) in [5.74, 6) is 0.665. The molecule has 0 aromatic heterocycles. The number of imide groups is 1. The van der Waals surface area contributed by atoms with E-state index in [1.807, 2.05) is 31.2 Å². The first-order valence-electron chi connectivity index (χ1n) is 7.87. The molecule has 122 valence electrons. The van der Waals surface area contributed by atoms with Crippen molar-refractivity contribution in [3.05, 3.63) is 29.8 Å². The summed E-state index contributed by atoms with van der Waals surface area (Å²) in [5.41, 5.74) is 1.25. The Bertz CT molecular complexity index is 471. The summed E-state index contributed by atoms with van der Waals surface area (Å²) >= 11 is 0. The molecule has 1 atom stereocenters. The fourth-order valence-corrected chi connectivity index (χ4v) is 1.86. The summed E-state index contributed by atoms with van der Waals surface area (Å²) in [6.45, 7) is 6.73. The highest BCUT2D eigenvalue weighted by Gasteiger charge is 2.08. The van der Waals surface area contributed by atoms with Crippen LogP contribution in [0.15, 0.2) is 24.3 Å². The molecule has 1 aromatic rings. The van der Waals surface area contributed by atoms with E-state index in [9.17, 15) is 9.59 Å². The van der Waals surface area contributed by atoms with Crippen LogP contribution < -0.4 is 15.4 Å². The van der Waals surface area contributed by atoms with Gasteiger partial charge in [0.25, 0.3) is 5.91 Å². The number of benzene rings is 1. The fourth-order valence-electron chi connectivity index (χ4n) is 1.86. The van der Waals surface area contributed by atoms with E-state index in [2.05, 4.69) is 24.5 Å². The standard InChI is InChI=1S/C17H26N2O3/c1-4-6-11-18-17(21)19-16(20)12-22-15-9-7-14(8-10-15)13(3)5-2/h7-10,13H,4-6,11-12H2,1-3H3,(H2,18,19,20,21)/t13-/m0/s1. The molecule has 0 aliphatic rings. The SMILES string of the molecule is CCCCNC(=O)NC(=O)COc1ccc([C@@H](C)CC)cc1. The molecule has 0 aliphatic carbocycles. The predicted octanol–water partition coefficient (Wildman–Crippen LogP) is 3.20. The molecule has 3 amide bonds. The normalized spacial score (nSPS) is 11.6. The number of urea groups is 1. The molecule has 0 radical (unpaired) electrons. The van der Waals surface area contributed by atoms with Crippen LogP contribution >= 0.6 is 0 Å². The molecule has 0 saturated carbocycles. The van der Waals surface area contributed by atoms with Crippen molar-refractivity contribution in [1.82, 2.24) is 10.6 Å². The summed E-state index contributed by atoms with van der Waals surface area (Å²) in [5, 5.41) is 4.85. The highest BCUT2D eigenvalue weighted by molar-refractivity contribution is 5.94. The average Bonchev–Trinajstić information content (AvgIpc) is 2.53. The second-order valence-electron chi connectivity index (χ2n) is 5.32. The molecule has 0 aliphatic heterocycles. The smallest absolute Gasteiger partial charge is 0.321 e.